The molecule has 0 spiro atoms. The summed E-state index contributed by atoms with van der Waals surface area (Å²) in [5.74, 6) is 6.24. The molecule has 2 aromatic carbocycles. The molecule has 2 N–H and O–H groups in total. The normalized spacial score (nSPS) is 11.4. The molecule has 30 heavy (non-hydrogen) atoms. The van der Waals surface area contributed by atoms with E-state index in [0.717, 1.165) is 16.7 Å². The zero-order valence-electron chi connectivity index (χ0n) is 16.6. The summed E-state index contributed by atoms with van der Waals surface area (Å²) in [4.78, 5) is 4.71. The summed E-state index contributed by atoms with van der Waals surface area (Å²) in [6, 6.07) is 16.6. The van der Waals surface area contributed by atoms with Crippen molar-refractivity contribution in [2.45, 2.75) is 26.1 Å². The maximum atomic E-state index is 10.1. The van der Waals surface area contributed by atoms with Gasteiger partial charge in [-0.1, -0.05) is 47.7 Å². The van der Waals surface area contributed by atoms with Gasteiger partial charge < -0.3 is 10.2 Å². The number of aliphatic hydroxyl groups excluding tert-OH is 1. The minimum Gasteiger partial charge on any atom is -0.390 e. The summed E-state index contributed by atoms with van der Waals surface area (Å²) in [7, 11) is 0. The molecular formula is C24H20ClN3O2. The molecular weight excluding hydrogens is 398 g/mol. The van der Waals surface area contributed by atoms with E-state index < -0.39 is 5.60 Å². The number of fused-ring (bicyclic) bond motifs is 1. The van der Waals surface area contributed by atoms with E-state index in [1.54, 1.807) is 42.8 Å². The van der Waals surface area contributed by atoms with Gasteiger partial charge in [-0.15, -0.1) is 0 Å². The molecule has 0 saturated heterocycles. The molecule has 0 aliphatic rings. The van der Waals surface area contributed by atoms with Crippen LogP contribution in [-0.2, 0) is 12.2 Å². The van der Waals surface area contributed by atoms with E-state index in [-0.39, 0.29) is 6.61 Å². The van der Waals surface area contributed by atoms with Crippen molar-refractivity contribution in [2.75, 3.05) is 0 Å². The molecule has 4 aromatic rings. The maximum absolute atomic E-state index is 10.1. The van der Waals surface area contributed by atoms with Crippen LogP contribution < -0.4 is 0 Å². The number of nitrogens with zero attached hydrogens (tertiary/aromatic N) is 3. The lowest BCUT2D eigenvalue weighted by molar-refractivity contribution is 0.0786. The van der Waals surface area contributed by atoms with Crippen LogP contribution in [0.5, 0.6) is 0 Å². The summed E-state index contributed by atoms with van der Waals surface area (Å²) in [6.07, 6.45) is 1.64. The molecule has 0 atom stereocenters. The van der Waals surface area contributed by atoms with Crippen LogP contribution in [0.1, 0.15) is 36.2 Å². The van der Waals surface area contributed by atoms with Crippen LogP contribution in [0.25, 0.3) is 16.9 Å². The Morgan fingerprint density at radius 2 is 1.73 bits per heavy atom. The van der Waals surface area contributed by atoms with Gasteiger partial charge in [-0.05, 0) is 49.7 Å². The Balaban J connectivity index is 1.75. The predicted octanol–water partition coefficient (Wildman–Crippen LogP) is 4.17. The molecule has 6 heteroatoms. The summed E-state index contributed by atoms with van der Waals surface area (Å²) >= 11 is 5.99. The van der Waals surface area contributed by atoms with Crippen molar-refractivity contribution in [1.82, 2.24) is 14.6 Å². The molecule has 4 rings (SSSR count). The minimum absolute atomic E-state index is 0.174. The lowest BCUT2D eigenvalue weighted by atomic mass is 9.97. The fourth-order valence-electron chi connectivity index (χ4n) is 3.10. The quantitative estimate of drug-likeness (QED) is 0.491. The van der Waals surface area contributed by atoms with Crippen LogP contribution in [0.4, 0.5) is 0 Å². The lowest BCUT2D eigenvalue weighted by Crippen LogP contribution is -2.14. The van der Waals surface area contributed by atoms with E-state index in [1.165, 1.54) is 0 Å². The number of benzene rings is 2. The second-order valence-electron chi connectivity index (χ2n) is 7.48. The van der Waals surface area contributed by atoms with E-state index >= 15 is 0 Å². The van der Waals surface area contributed by atoms with E-state index in [2.05, 4.69) is 16.9 Å². The molecule has 0 aliphatic carbocycles. The molecule has 0 saturated carbocycles. The van der Waals surface area contributed by atoms with Crippen molar-refractivity contribution in [1.29, 1.82) is 0 Å². The van der Waals surface area contributed by atoms with Crippen LogP contribution in [0.2, 0.25) is 5.02 Å². The van der Waals surface area contributed by atoms with Crippen molar-refractivity contribution in [3.8, 4) is 23.1 Å². The van der Waals surface area contributed by atoms with Gasteiger partial charge in [0.1, 0.15) is 0 Å². The van der Waals surface area contributed by atoms with Crippen molar-refractivity contribution in [3.63, 3.8) is 0 Å². The van der Waals surface area contributed by atoms with Gasteiger partial charge in [-0.2, -0.15) is 5.10 Å². The van der Waals surface area contributed by atoms with Crippen molar-refractivity contribution >= 4 is 17.2 Å². The highest BCUT2D eigenvalue weighted by molar-refractivity contribution is 6.30. The number of hydrogen-bond acceptors (Lipinski definition) is 4. The van der Waals surface area contributed by atoms with E-state index in [1.807, 2.05) is 36.4 Å². The summed E-state index contributed by atoms with van der Waals surface area (Å²) < 4.78 is 1.60. The zero-order valence-corrected chi connectivity index (χ0v) is 17.4. The SMILES string of the molecule is CC(C)(O)c1ccc(C#Cc2cnn3c(CO)cc(-c4ccc(Cl)cc4)nc23)cc1. The Hall–Kier alpha value is -3.17. The Labute approximate surface area is 179 Å². The molecule has 0 amide bonds. The first-order valence-electron chi connectivity index (χ1n) is 9.44. The Kier molecular flexibility index (Phi) is 5.31. The topological polar surface area (TPSA) is 70.7 Å². The maximum Gasteiger partial charge on any atom is 0.171 e. The van der Waals surface area contributed by atoms with Crippen LogP contribution >= 0.6 is 11.6 Å². The molecule has 0 fully saturated rings. The first-order chi connectivity index (χ1) is 14.3. The second-order valence-corrected chi connectivity index (χ2v) is 7.91. The molecule has 150 valence electrons. The summed E-state index contributed by atoms with van der Waals surface area (Å²) in [5.41, 5.74) is 4.20. The molecule has 0 unspecified atom stereocenters. The molecule has 2 heterocycles. The van der Waals surface area contributed by atoms with Crippen molar-refractivity contribution in [2.24, 2.45) is 0 Å². The van der Waals surface area contributed by atoms with E-state index in [0.29, 0.717) is 27.6 Å². The molecule has 0 radical (unpaired) electrons. The third-order valence-electron chi connectivity index (χ3n) is 4.78. The predicted molar refractivity (Wildman–Crippen MR) is 117 cm³/mol. The van der Waals surface area contributed by atoms with Gasteiger partial charge in [0, 0.05) is 16.1 Å². The van der Waals surface area contributed by atoms with Crippen LogP contribution in [0, 0.1) is 11.8 Å². The highest BCUT2D eigenvalue weighted by atomic mass is 35.5. The van der Waals surface area contributed by atoms with Gasteiger partial charge in [0.05, 0.1) is 35.4 Å². The molecule has 2 aromatic heterocycles. The molecule has 0 aliphatic heterocycles. The van der Waals surface area contributed by atoms with Gasteiger partial charge in [0.25, 0.3) is 0 Å². The third kappa shape index (κ3) is 4.07. The Morgan fingerprint density at radius 1 is 1.03 bits per heavy atom. The summed E-state index contributed by atoms with van der Waals surface area (Å²) in [5, 5.41) is 24.9. The fourth-order valence-corrected chi connectivity index (χ4v) is 3.22. The highest BCUT2D eigenvalue weighted by Crippen LogP contribution is 2.23. The summed E-state index contributed by atoms with van der Waals surface area (Å²) in [6.45, 7) is 3.32. The van der Waals surface area contributed by atoms with Gasteiger partial charge in [0.2, 0.25) is 0 Å². The number of aliphatic hydroxyl groups is 2. The van der Waals surface area contributed by atoms with Gasteiger partial charge in [0.15, 0.2) is 5.65 Å². The lowest BCUT2D eigenvalue weighted by Gasteiger charge is -2.17. The van der Waals surface area contributed by atoms with Crippen molar-refractivity contribution < 1.29 is 10.2 Å². The average molecular weight is 418 g/mol. The van der Waals surface area contributed by atoms with Crippen molar-refractivity contribution in [3.05, 3.63) is 88.2 Å². The third-order valence-corrected chi connectivity index (χ3v) is 5.03. The van der Waals surface area contributed by atoms with Gasteiger partial charge in [-0.3, -0.25) is 0 Å². The van der Waals surface area contributed by atoms with E-state index in [9.17, 15) is 10.2 Å². The standard InChI is InChI=1S/C24H20ClN3O2/c1-24(2,30)19-9-4-16(5-10-19)3-6-18-14-26-28-21(15-29)13-22(27-23(18)28)17-7-11-20(25)12-8-17/h4-5,7-14,29-30H,15H2,1-2H3. The monoisotopic (exact) mass is 417 g/mol. The number of rotatable bonds is 3. The zero-order chi connectivity index (χ0) is 21.3. The van der Waals surface area contributed by atoms with Gasteiger partial charge in [-0.25, -0.2) is 9.50 Å². The van der Waals surface area contributed by atoms with Crippen LogP contribution in [0.15, 0.2) is 60.8 Å². The number of halogens is 1. The highest BCUT2D eigenvalue weighted by Gasteiger charge is 2.15. The second kappa shape index (κ2) is 7.92. The number of hydrogen-bond donors (Lipinski definition) is 2. The van der Waals surface area contributed by atoms with Gasteiger partial charge >= 0.3 is 0 Å². The molecule has 5 nitrogen and oxygen atoms in total. The molecule has 0 bridgehead atoms. The smallest absolute Gasteiger partial charge is 0.171 e. The average Bonchev–Trinajstić information content (AvgIpc) is 3.15. The first-order valence-corrected chi connectivity index (χ1v) is 9.82. The first kappa shape index (κ1) is 20.1. The fraction of sp³-hybridized carbons (Fsp3) is 0.167. The van der Waals surface area contributed by atoms with Crippen LogP contribution in [0.3, 0.4) is 0 Å². The minimum atomic E-state index is -0.892. The van der Waals surface area contributed by atoms with E-state index in [4.69, 9.17) is 16.6 Å². The Morgan fingerprint density at radius 3 is 2.37 bits per heavy atom. The largest absolute Gasteiger partial charge is 0.390 e. The Bertz CT molecular complexity index is 1260. The number of aromatic nitrogens is 3. The van der Waals surface area contributed by atoms with Crippen LogP contribution in [-0.4, -0.2) is 24.8 Å².